The number of carbonyl (C=O) groups is 2. The summed E-state index contributed by atoms with van der Waals surface area (Å²) >= 11 is 0. The molecule has 9 nitrogen and oxygen atoms in total. The van der Waals surface area contributed by atoms with Gasteiger partial charge in [0, 0.05) is 12.8 Å². The average molecular weight is 1120 g/mol. The molecule has 3 unspecified atom stereocenters. The Labute approximate surface area is 484 Å². The standard InChI is InChI=1S/C68H129N2O7P/c1-7-10-13-16-19-22-25-27-29-31-32-33-34-35-36-37-38-39-41-43-46-49-52-55-58-61-68(72)77-66(59-56-53-50-47-44-24-21-18-15-12-9-3)65(64-76-78(73,74)75-63-62-70(4,5)6)69-67(71)60-57-54-51-48-45-42-40-30-28-26-23-20-17-14-11-8-2/h19,22,27,29-30,40,56,59,65-66H,7-18,20-21,23-26,28,31-39,41-55,57-58,60-64H2,1-6H3,(H-,69,71,73,74)/b22-19-,29-27-,40-30+,59-56-. The second kappa shape index (κ2) is 58.2. The molecular weight excluding hydrogens is 988 g/mol. The molecule has 0 saturated heterocycles. The van der Waals surface area contributed by atoms with Crippen LogP contribution >= 0.6 is 7.82 Å². The monoisotopic (exact) mass is 1120 g/mol. The smallest absolute Gasteiger partial charge is 0.306 e. The molecule has 3 atom stereocenters. The van der Waals surface area contributed by atoms with Crippen molar-refractivity contribution in [2.24, 2.45) is 0 Å². The first kappa shape index (κ1) is 76.0. The number of rotatable bonds is 61. The van der Waals surface area contributed by atoms with Crippen molar-refractivity contribution in [1.29, 1.82) is 0 Å². The van der Waals surface area contributed by atoms with Crippen molar-refractivity contribution in [3.05, 3.63) is 48.6 Å². The first-order valence-electron chi connectivity index (χ1n) is 33.4. The number of likely N-dealkylation sites (N-methyl/N-ethyl adjacent to an activating group) is 1. The molecule has 0 aromatic heterocycles. The van der Waals surface area contributed by atoms with Crippen molar-refractivity contribution in [2.75, 3.05) is 40.9 Å². The van der Waals surface area contributed by atoms with E-state index in [2.05, 4.69) is 62.5 Å². The van der Waals surface area contributed by atoms with Crippen molar-refractivity contribution in [3.63, 3.8) is 0 Å². The molecule has 0 aromatic rings. The fourth-order valence-electron chi connectivity index (χ4n) is 9.78. The van der Waals surface area contributed by atoms with Crippen molar-refractivity contribution < 1.29 is 37.3 Å². The molecule has 1 N–H and O–H groups in total. The van der Waals surface area contributed by atoms with Crippen LogP contribution in [0.3, 0.4) is 0 Å². The van der Waals surface area contributed by atoms with Gasteiger partial charge in [0.2, 0.25) is 5.91 Å². The molecule has 0 spiro atoms. The molecule has 0 rings (SSSR count). The van der Waals surface area contributed by atoms with Crippen molar-refractivity contribution in [3.8, 4) is 0 Å². The topological polar surface area (TPSA) is 114 Å². The van der Waals surface area contributed by atoms with Gasteiger partial charge in [-0.05, 0) is 89.5 Å². The quantitative estimate of drug-likeness (QED) is 0.0212. The SMILES string of the molecule is CCCCC/C=C\C/C=C\CCCCCCCCCCCCCCCCCC(=O)OC(/C=C\CCCCCCCCCCC)C(COP(=O)([O-])OCC[N+](C)(C)C)NC(=O)CCCCCCC/C=C/CCCCCCCCC. The predicted molar refractivity (Wildman–Crippen MR) is 335 cm³/mol. The van der Waals surface area contributed by atoms with E-state index in [1.165, 1.54) is 205 Å². The van der Waals surface area contributed by atoms with E-state index in [1.54, 1.807) is 0 Å². The summed E-state index contributed by atoms with van der Waals surface area (Å²) in [7, 11) is 1.19. The highest BCUT2D eigenvalue weighted by molar-refractivity contribution is 7.45. The normalized spacial score (nSPS) is 13.9. The zero-order valence-corrected chi connectivity index (χ0v) is 53.3. The number of nitrogens with zero attached hydrogens (tertiary/aromatic N) is 1. The molecule has 1 amide bonds. The molecule has 0 aliphatic carbocycles. The summed E-state index contributed by atoms with van der Waals surface area (Å²) in [6.07, 6.45) is 72.3. The molecule has 0 heterocycles. The van der Waals surface area contributed by atoms with Crippen LogP contribution in [0.1, 0.15) is 323 Å². The first-order chi connectivity index (χ1) is 37.9. The number of hydrogen-bond acceptors (Lipinski definition) is 7. The minimum absolute atomic E-state index is 0.0227. The van der Waals surface area contributed by atoms with Gasteiger partial charge in [-0.3, -0.25) is 14.2 Å². The second-order valence-electron chi connectivity index (χ2n) is 24.0. The Kier molecular flexibility index (Phi) is 56.7. The molecule has 0 aliphatic rings. The molecule has 78 heavy (non-hydrogen) atoms. The van der Waals surface area contributed by atoms with E-state index < -0.39 is 20.0 Å². The highest BCUT2D eigenvalue weighted by atomic mass is 31.2. The average Bonchev–Trinajstić information content (AvgIpc) is 3.41. The zero-order chi connectivity index (χ0) is 57.2. The molecule has 0 saturated carbocycles. The summed E-state index contributed by atoms with van der Waals surface area (Å²) < 4.78 is 30.4. The lowest BCUT2D eigenvalue weighted by Crippen LogP contribution is -2.47. The van der Waals surface area contributed by atoms with Crippen LogP contribution in [-0.4, -0.2) is 69.4 Å². The second-order valence-corrected chi connectivity index (χ2v) is 25.4. The lowest BCUT2D eigenvalue weighted by atomic mass is 10.0. The minimum atomic E-state index is -4.70. The van der Waals surface area contributed by atoms with E-state index in [9.17, 15) is 19.0 Å². The van der Waals surface area contributed by atoms with Gasteiger partial charge in [0.25, 0.3) is 7.82 Å². The van der Waals surface area contributed by atoms with Gasteiger partial charge in [-0.25, -0.2) is 0 Å². The van der Waals surface area contributed by atoms with Gasteiger partial charge in [-0.1, -0.05) is 269 Å². The Morgan fingerprint density at radius 2 is 0.782 bits per heavy atom. The Bertz CT molecular complexity index is 1470. The summed E-state index contributed by atoms with van der Waals surface area (Å²) in [5, 5.41) is 3.03. The van der Waals surface area contributed by atoms with Crippen LogP contribution in [0.15, 0.2) is 48.6 Å². The van der Waals surface area contributed by atoms with Gasteiger partial charge >= 0.3 is 5.97 Å². The van der Waals surface area contributed by atoms with Gasteiger partial charge in [0.1, 0.15) is 19.3 Å². The maximum absolute atomic E-state index is 13.5. The molecule has 0 aliphatic heterocycles. The predicted octanol–water partition coefficient (Wildman–Crippen LogP) is 20.2. The number of hydrogen-bond donors (Lipinski definition) is 1. The largest absolute Gasteiger partial charge is 0.756 e. The van der Waals surface area contributed by atoms with Gasteiger partial charge < -0.3 is 28.5 Å². The van der Waals surface area contributed by atoms with Gasteiger partial charge in [-0.15, -0.1) is 0 Å². The minimum Gasteiger partial charge on any atom is -0.756 e. The maximum atomic E-state index is 13.5. The Hall–Kier alpha value is -2.03. The lowest BCUT2D eigenvalue weighted by molar-refractivity contribution is -0.870. The van der Waals surface area contributed by atoms with Crippen LogP contribution in [0.5, 0.6) is 0 Å². The maximum Gasteiger partial charge on any atom is 0.306 e. The third-order valence-electron chi connectivity index (χ3n) is 15.0. The fraction of sp³-hybridized carbons (Fsp3) is 0.853. The number of quaternary nitrogens is 1. The fourth-order valence-corrected chi connectivity index (χ4v) is 10.5. The molecule has 10 heteroatoms. The number of unbranched alkanes of at least 4 members (excludes halogenated alkanes) is 39. The van der Waals surface area contributed by atoms with E-state index in [0.717, 1.165) is 83.5 Å². The van der Waals surface area contributed by atoms with E-state index in [0.29, 0.717) is 17.4 Å². The number of nitrogens with one attached hydrogen (secondary N) is 1. The third kappa shape index (κ3) is 58.6. The van der Waals surface area contributed by atoms with Crippen molar-refractivity contribution >= 4 is 19.7 Å². The Morgan fingerprint density at radius 1 is 0.449 bits per heavy atom. The summed E-state index contributed by atoms with van der Waals surface area (Å²) in [5.41, 5.74) is 0. The molecule has 0 aromatic carbocycles. The van der Waals surface area contributed by atoms with E-state index >= 15 is 0 Å². The summed E-state index contributed by atoms with van der Waals surface area (Å²) in [5.74, 6) is -0.540. The van der Waals surface area contributed by atoms with Crippen molar-refractivity contribution in [2.45, 2.75) is 335 Å². The molecule has 458 valence electrons. The lowest BCUT2D eigenvalue weighted by Gasteiger charge is -2.30. The zero-order valence-electron chi connectivity index (χ0n) is 52.4. The number of allylic oxidation sites excluding steroid dienone is 7. The van der Waals surface area contributed by atoms with E-state index in [-0.39, 0.29) is 31.5 Å². The Morgan fingerprint density at radius 3 is 1.19 bits per heavy atom. The van der Waals surface area contributed by atoms with Crippen LogP contribution in [0.25, 0.3) is 0 Å². The van der Waals surface area contributed by atoms with Crippen LogP contribution in [0.2, 0.25) is 0 Å². The van der Waals surface area contributed by atoms with Crippen molar-refractivity contribution in [1.82, 2.24) is 5.32 Å². The van der Waals surface area contributed by atoms with Crippen LogP contribution < -0.4 is 10.2 Å². The molecule has 0 bridgehead atoms. The van der Waals surface area contributed by atoms with E-state index in [1.807, 2.05) is 33.3 Å². The number of ether oxygens (including phenoxy) is 1. The van der Waals surface area contributed by atoms with Crippen LogP contribution in [0, 0.1) is 0 Å². The van der Waals surface area contributed by atoms with Crippen LogP contribution in [0.4, 0.5) is 0 Å². The Balaban J connectivity index is 5.04. The molecular formula is C68H129N2O7P. The number of carbonyl (C=O) groups excluding carboxylic acids is 2. The highest BCUT2D eigenvalue weighted by Gasteiger charge is 2.27. The van der Waals surface area contributed by atoms with Crippen LogP contribution in [-0.2, 0) is 27.9 Å². The highest BCUT2D eigenvalue weighted by Crippen LogP contribution is 2.38. The number of phosphoric acid groups is 1. The number of esters is 1. The molecule has 0 radical (unpaired) electrons. The van der Waals surface area contributed by atoms with Gasteiger partial charge in [-0.2, -0.15) is 0 Å². The summed E-state index contributed by atoms with van der Waals surface area (Å²) in [6.45, 7) is 6.84. The summed E-state index contributed by atoms with van der Waals surface area (Å²) in [6, 6.07) is -0.891. The van der Waals surface area contributed by atoms with Gasteiger partial charge in [0.05, 0.1) is 33.8 Å². The summed E-state index contributed by atoms with van der Waals surface area (Å²) in [4.78, 5) is 40.0. The third-order valence-corrected chi connectivity index (χ3v) is 15.9. The number of amides is 1. The molecule has 0 fully saturated rings. The number of phosphoric ester groups is 1. The van der Waals surface area contributed by atoms with Gasteiger partial charge in [0.15, 0.2) is 0 Å². The first-order valence-corrected chi connectivity index (χ1v) is 34.9. The van der Waals surface area contributed by atoms with E-state index in [4.69, 9.17) is 13.8 Å².